The molecule has 0 saturated carbocycles. The molecule has 6 nitrogen and oxygen atoms in total. The van der Waals surface area contributed by atoms with E-state index >= 15 is 0 Å². The van der Waals surface area contributed by atoms with Gasteiger partial charge in [0.25, 0.3) is 0 Å². The van der Waals surface area contributed by atoms with E-state index < -0.39 is 29.9 Å². The third-order valence-corrected chi connectivity index (χ3v) is 3.42. The van der Waals surface area contributed by atoms with Crippen molar-refractivity contribution in [1.82, 2.24) is 0 Å². The lowest BCUT2D eigenvalue weighted by Crippen LogP contribution is -2.46. The van der Waals surface area contributed by atoms with Crippen molar-refractivity contribution in [3.05, 3.63) is 47.5 Å². The van der Waals surface area contributed by atoms with Gasteiger partial charge in [-0.1, -0.05) is 42.0 Å². The third-order valence-electron chi connectivity index (χ3n) is 3.42. The molecule has 0 amide bonds. The first-order valence-corrected chi connectivity index (χ1v) is 7.90. The number of benzene rings is 1. The van der Waals surface area contributed by atoms with E-state index in [9.17, 15) is 14.4 Å². The van der Waals surface area contributed by atoms with E-state index in [4.69, 9.17) is 9.47 Å². The van der Waals surface area contributed by atoms with Crippen molar-refractivity contribution in [2.24, 2.45) is 0 Å². The van der Waals surface area contributed by atoms with Crippen LogP contribution in [0, 0.1) is 0 Å². The van der Waals surface area contributed by atoms with Crippen LogP contribution in [0.15, 0.2) is 42.0 Å². The van der Waals surface area contributed by atoms with Crippen molar-refractivity contribution < 1.29 is 28.6 Å². The lowest BCUT2D eigenvalue weighted by Gasteiger charge is -2.29. The van der Waals surface area contributed by atoms with Crippen molar-refractivity contribution >= 4 is 17.9 Å². The van der Waals surface area contributed by atoms with E-state index in [-0.39, 0.29) is 13.0 Å². The zero-order valence-corrected chi connectivity index (χ0v) is 15.0. The summed E-state index contributed by atoms with van der Waals surface area (Å²) in [6.07, 6.45) is 1.33. The Balaban J connectivity index is 3.06. The summed E-state index contributed by atoms with van der Waals surface area (Å²) in [6.45, 7) is 4.87. The number of rotatable bonds is 8. The van der Waals surface area contributed by atoms with Gasteiger partial charge in [-0.25, -0.2) is 4.79 Å². The van der Waals surface area contributed by atoms with Gasteiger partial charge >= 0.3 is 17.9 Å². The zero-order chi connectivity index (χ0) is 18.9. The number of methoxy groups -OCH3 is 1. The Hall–Kier alpha value is -2.63. The lowest BCUT2D eigenvalue weighted by molar-refractivity contribution is -0.186. The molecule has 1 unspecified atom stereocenters. The number of esters is 3. The predicted octanol–water partition coefficient (Wildman–Crippen LogP) is 2.95. The van der Waals surface area contributed by atoms with Crippen molar-refractivity contribution in [2.75, 3.05) is 7.11 Å². The molecule has 0 spiro atoms. The molecule has 25 heavy (non-hydrogen) atoms. The number of allylic oxidation sites excluding steroid dienone is 1. The van der Waals surface area contributed by atoms with E-state index in [1.165, 1.54) is 14.0 Å². The highest BCUT2D eigenvalue weighted by Gasteiger charge is 2.45. The van der Waals surface area contributed by atoms with Gasteiger partial charge in [0, 0.05) is 13.3 Å². The molecule has 0 aromatic heterocycles. The van der Waals surface area contributed by atoms with Crippen molar-refractivity contribution in [3.63, 3.8) is 0 Å². The number of carbonyl (C=O) groups is 3. The molecule has 0 N–H and O–H groups in total. The fourth-order valence-electron chi connectivity index (χ4n) is 2.15. The number of carbonyl (C=O) groups excluding carboxylic acids is 3. The van der Waals surface area contributed by atoms with Gasteiger partial charge in [0.05, 0.1) is 13.5 Å². The molecule has 0 fully saturated rings. The second kappa shape index (κ2) is 9.61. The van der Waals surface area contributed by atoms with E-state index in [0.29, 0.717) is 0 Å². The minimum atomic E-state index is -1.75. The summed E-state index contributed by atoms with van der Waals surface area (Å²) in [7, 11) is 1.21. The van der Waals surface area contributed by atoms with Crippen LogP contribution < -0.4 is 0 Å². The van der Waals surface area contributed by atoms with Gasteiger partial charge in [0.1, 0.15) is 6.61 Å². The molecule has 136 valence electrons. The lowest BCUT2D eigenvalue weighted by atomic mass is 9.93. The Kier molecular flexibility index (Phi) is 7.85. The minimum absolute atomic E-state index is 0.0126. The zero-order valence-electron chi connectivity index (χ0n) is 15.0. The second-order valence-corrected chi connectivity index (χ2v) is 5.89. The van der Waals surface area contributed by atoms with Crippen molar-refractivity contribution in [1.29, 1.82) is 0 Å². The molecular weight excluding hydrogens is 324 g/mol. The Morgan fingerprint density at radius 2 is 1.72 bits per heavy atom. The molecular formula is C19H24O6. The van der Waals surface area contributed by atoms with Gasteiger partial charge < -0.3 is 14.2 Å². The van der Waals surface area contributed by atoms with Gasteiger partial charge in [0.2, 0.25) is 5.60 Å². The highest BCUT2D eigenvalue weighted by atomic mass is 16.6. The fraction of sp³-hybridized carbons (Fsp3) is 0.421. The van der Waals surface area contributed by atoms with Crippen LogP contribution in [-0.2, 0) is 35.2 Å². The summed E-state index contributed by atoms with van der Waals surface area (Å²) in [5.41, 5.74) is -0.0459. The normalized spacial score (nSPS) is 12.5. The Morgan fingerprint density at radius 3 is 2.24 bits per heavy atom. The molecule has 0 saturated heterocycles. The van der Waals surface area contributed by atoms with Gasteiger partial charge in [0.15, 0.2) is 0 Å². The average Bonchev–Trinajstić information content (AvgIpc) is 2.57. The summed E-state index contributed by atoms with van der Waals surface area (Å²) in [6, 6.07) is 9.09. The molecule has 0 heterocycles. The average molecular weight is 348 g/mol. The van der Waals surface area contributed by atoms with Crippen LogP contribution in [-0.4, -0.2) is 30.6 Å². The monoisotopic (exact) mass is 348 g/mol. The molecule has 0 radical (unpaired) electrons. The Labute approximate surface area is 147 Å². The standard InChI is InChI=1S/C19H24O6/c1-14(2)10-11-19(25-15(3)20,12-17(21)23-4)18(22)24-13-16-8-6-5-7-9-16/h5-10H,11-13H2,1-4H3. The van der Waals surface area contributed by atoms with Crippen LogP contribution in [0.3, 0.4) is 0 Å². The summed E-state index contributed by atoms with van der Waals surface area (Å²) in [5, 5.41) is 0. The van der Waals surface area contributed by atoms with E-state index in [2.05, 4.69) is 4.74 Å². The maximum atomic E-state index is 12.7. The maximum absolute atomic E-state index is 12.7. The van der Waals surface area contributed by atoms with Crippen LogP contribution >= 0.6 is 0 Å². The molecule has 0 bridgehead atoms. The summed E-state index contributed by atoms with van der Waals surface area (Å²) in [5.74, 6) is -2.13. The molecule has 1 rings (SSSR count). The summed E-state index contributed by atoms with van der Waals surface area (Å²) >= 11 is 0. The van der Waals surface area contributed by atoms with Crippen molar-refractivity contribution in [2.45, 2.75) is 45.8 Å². The van der Waals surface area contributed by atoms with Gasteiger partial charge in [-0.05, 0) is 19.4 Å². The molecule has 6 heteroatoms. The predicted molar refractivity (Wildman–Crippen MR) is 91.4 cm³/mol. The second-order valence-electron chi connectivity index (χ2n) is 5.89. The molecule has 0 aliphatic heterocycles. The largest absolute Gasteiger partial charge is 0.469 e. The Bertz CT molecular complexity index is 631. The molecule has 1 atom stereocenters. The first kappa shape index (κ1) is 20.4. The maximum Gasteiger partial charge on any atom is 0.351 e. The fourth-order valence-corrected chi connectivity index (χ4v) is 2.15. The SMILES string of the molecule is COC(=O)CC(CC=C(C)C)(OC(C)=O)C(=O)OCc1ccccc1. The molecule has 1 aromatic rings. The van der Waals surface area contributed by atoms with E-state index in [0.717, 1.165) is 11.1 Å². The number of hydrogen-bond donors (Lipinski definition) is 0. The van der Waals surface area contributed by atoms with Crippen LogP contribution in [0.4, 0.5) is 0 Å². The first-order chi connectivity index (χ1) is 11.8. The molecule has 0 aliphatic carbocycles. The van der Waals surface area contributed by atoms with E-state index in [1.54, 1.807) is 18.2 Å². The first-order valence-electron chi connectivity index (χ1n) is 7.90. The summed E-state index contributed by atoms with van der Waals surface area (Å²) in [4.78, 5) is 36.0. The van der Waals surface area contributed by atoms with Crippen LogP contribution in [0.1, 0.15) is 39.2 Å². The topological polar surface area (TPSA) is 78.9 Å². The van der Waals surface area contributed by atoms with Gasteiger partial charge in [-0.2, -0.15) is 0 Å². The molecule has 0 aliphatic rings. The van der Waals surface area contributed by atoms with E-state index in [1.807, 2.05) is 32.0 Å². The Morgan fingerprint density at radius 1 is 1.08 bits per heavy atom. The third kappa shape index (κ3) is 6.79. The van der Waals surface area contributed by atoms with Crippen LogP contribution in [0.25, 0.3) is 0 Å². The van der Waals surface area contributed by atoms with Gasteiger partial charge in [-0.15, -0.1) is 0 Å². The van der Waals surface area contributed by atoms with Crippen LogP contribution in [0.5, 0.6) is 0 Å². The smallest absolute Gasteiger partial charge is 0.351 e. The van der Waals surface area contributed by atoms with Crippen molar-refractivity contribution in [3.8, 4) is 0 Å². The van der Waals surface area contributed by atoms with Crippen LogP contribution in [0.2, 0.25) is 0 Å². The van der Waals surface area contributed by atoms with Gasteiger partial charge in [-0.3, -0.25) is 9.59 Å². The highest BCUT2D eigenvalue weighted by molar-refractivity contribution is 5.88. The quantitative estimate of drug-likeness (QED) is 0.408. The highest BCUT2D eigenvalue weighted by Crippen LogP contribution is 2.26. The summed E-state index contributed by atoms with van der Waals surface area (Å²) < 4.78 is 15.2. The minimum Gasteiger partial charge on any atom is -0.469 e. The number of hydrogen-bond acceptors (Lipinski definition) is 6. The number of ether oxygens (including phenoxy) is 3. The molecule has 1 aromatic carbocycles.